The van der Waals surface area contributed by atoms with E-state index in [0.717, 1.165) is 0 Å². The second kappa shape index (κ2) is 5.03. The van der Waals surface area contributed by atoms with Crippen molar-refractivity contribution in [2.45, 2.75) is 0 Å². The van der Waals surface area contributed by atoms with Gasteiger partial charge in [0, 0.05) is 16.5 Å². The standard InChI is InChI=1S/C15H8ClNO4/c16-10-5-6-14-9(7-10)8-12(15(18)21-14)11-3-1-2-4-13(11)17(19)20/h1-8H. The molecule has 1 aromatic heterocycles. The fourth-order valence-corrected chi connectivity index (χ4v) is 2.32. The largest absolute Gasteiger partial charge is 0.422 e. The average Bonchev–Trinajstić information content (AvgIpc) is 2.47. The Bertz CT molecular complexity index is 917. The van der Waals surface area contributed by atoms with Gasteiger partial charge in [0.1, 0.15) is 5.58 Å². The van der Waals surface area contributed by atoms with Crippen LogP contribution in [-0.2, 0) is 0 Å². The maximum absolute atomic E-state index is 12.1. The molecule has 5 nitrogen and oxygen atoms in total. The van der Waals surface area contributed by atoms with Crippen LogP contribution in [0.4, 0.5) is 5.69 Å². The molecule has 1 heterocycles. The molecular weight excluding hydrogens is 294 g/mol. The minimum absolute atomic E-state index is 0.136. The number of nitrogens with zero attached hydrogens (tertiary/aromatic N) is 1. The van der Waals surface area contributed by atoms with Gasteiger partial charge in [0.25, 0.3) is 5.69 Å². The number of rotatable bonds is 2. The highest BCUT2D eigenvalue weighted by Crippen LogP contribution is 2.29. The molecule has 0 atom stereocenters. The molecule has 2 aromatic carbocycles. The van der Waals surface area contributed by atoms with Crippen molar-refractivity contribution in [2.24, 2.45) is 0 Å². The van der Waals surface area contributed by atoms with E-state index in [9.17, 15) is 14.9 Å². The lowest BCUT2D eigenvalue weighted by Gasteiger charge is -2.03. The van der Waals surface area contributed by atoms with Crippen molar-refractivity contribution in [1.29, 1.82) is 0 Å². The molecule has 21 heavy (non-hydrogen) atoms. The number of para-hydroxylation sites is 1. The van der Waals surface area contributed by atoms with Crippen LogP contribution in [-0.4, -0.2) is 4.92 Å². The summed E-state index contributed by atoms with van der Waals surface area (Å²) < 4.78 is 5.20. The maximum Gasteiger partial charge on any atom is 0.344 e. The van der Waals surface area contributed by atoms with Crippen LogP contribution in [0.15, 0.2) is 57.7 Å². The Morgan fingerprint density at radius 1 is 1.05 bits per heavy atom. The van der Waals surface area contributed by atoms with Crippen LogP contribution >= 0.6 is 11.6 Å². The van der Waals surface area contributed by atoms with E-state index in [2.05, 4.69) is 0 Å². The van der Waals surface area contributed by atoms with E-state index in [0.29, 0.717) is 16.0 Å². The summed E-state index contributed by atoms with van der Waals surface area (Å²) in [6.45, 7) is 0. The van der Waals surface area contributed by atoms with Crippen LogP contribution in [0.5, 0.6) is 0 Å². The van der Waals surface area contributed by atoms with E-state index in [-0.39, 0.29) is 16.8 Å². The number of hydrogen-bond donors (Lipinski definition) is 0. The average molecular weight is 302 g/mol. The summed E-state index contributed by atoms with van der Waals surface area (Å²) in [5.74, 6) is 0. The molecule has 0 bridgehead atoms. The lowest BCUT2D eigenvalue weighted by atomic mass is 10.0. The van der Waals surface area contributed by atoms with E-state index in [1.54, 1.807) is 36.4 Å². The summed E-state index contributed by atoms with van der Waals surface area (Å²) in [5, 5.41) is 12.2. The monoisotopic (exact) mass is 301 g/mol. The smallest absolute Gasteiger partial charge is 0.344 e. The van der Waals surface area contributed by atoms with Gasteiger partial charge in [-0.2, -0.15) is 0 Å². The van der Waals surface area contributed by atoms with Gasteiger partial charge >= 0.3 is 5.63 Å². The molecule has 0 spiro atoms. The molecule has 0 aliphatic heterocycles. The number of hydrogen-bond acceptors (Lipinski definition) is 4. The SMILES string of the molecule is O=c1oc2ccc(Cl)cc2cc1-c1ccccc1[N+](=O)[O-]. The predicted octanol–water partition coefficient (Wildman–Crippen LogP) is 4.02. The number of halogens is 1. The quantitative estimate of drug-likeness (QED) is 0.407. The summed E-state index contributed by atoms with van der Waals surface area (Å²) in [5.41, 5.74) is -0.0350. The van der Waals surface area contributed by atoms with Gasteiger partial charge in [-0.3, -0.25) is 10.1 Å². The van der Waals surface area contributed by atoms with Gasteiger partial charge in [0.05, 0.1) is 16.1 Å². The summed E-state index contributed by atoms with van der Waals surface area (Å²) in [7, 11) is 0. The Morgan fingerprint density at radius 2 is 1.81 bits per heavy atom. The first-order valence-corrected chi connectivity index (χ1v) is 6.41. The molecule has 3 aromatic rings. The molecule has 0 radical (unpaired) electrons. The van der Waals surface area contributed by atoms with Crippen LogP contribution in [0, 0.1) is 10.1 Å². The zero-order chi connectivity index (χ0) is 15.0. The van der Waals surface area contributed by atoms with Crippen LogP contribution in [0.25, 0.3) is 22.1 Å². The molecule has 0 aliphatic rings. The summed E-state index contributed by atoms with van der Waals surface area (Å²) >= 11 is 5.91. The summed E-state index contributed by atoms with van der Waals surface area (Å²) in [6, 6.07) is 12.4. The third-order valence-electron chi connectivity index (χ3n) is 3.09. The van der Waals surface area contributed by atoms with Crippen molar-refractivity contribution in [3.05, 3.63) is 74.1 Å². The minimum Gasteiger partial charge on any atom is -0.422 e. The number of benzene rings is 2. The van der Waals surface area contributed by atoms with E-state index in [1.807, 2.05) is 0 Å². The molecular formula is C15H8ClNO4. The molecule has 3 rings (SSSR count). The molecule has 6 heteroatoms. The Kier molecular flexibility index (Phi) is 3.19. The lowest BCUT2D eigenvalue weighted by Crippen LogP contribution is -2.04. The van der Waals surface area contributed by atoms with Crippen molar-refractivity contribution < 1.29 is 9.34 Å². The first-order valence-electron chi connectivity index (χ1n) is 6.03. The van der Waals surface area contributed by atoms with E-state index in [1.165, 1.54) is 12.1 Å². The van der Waals surface area contributed by atoms with Crippen LogP contribution in [0.3, 0.4) is 0 Å². The highest BCUT2D eigenvalue weighted by Gasteiger charge is 2.18. The molecule has 0 saturated heterocycles. The third-order valence-corrected chi connectivity index (χ3v) is 3.32. The van der Waals surface area contributed by atoms with Crippen molar-refractivity contribution in [1.82, 2.24) is 0 Å². The lowest BCUT2D eigenvalue weighted by molar-refractivity contribution is -0.384. The molecule has 0 amide bonds. The second-order valence-electron chi connectivity index (χ2n) is 4.40. The zero-order valence-corrected chi connectivity index (χ0v) is 11.3. The number of nitro groups is 1. The highest BCUT2D eigenvalue weighted by atomic mass is 35.5. The Morgan fingerprint density at radius 3 is 2.57 bits per heavy atom. The molecule has 104 valence electrons. The second-order valence-corrected chi connectivity index (χ2v) is 4.84. The van der Waals surface area contributed by atoms with E-state index >= 15 is 0 Å². The van der Waals surface area contributed by atoms with Crippen LogP contribution in [0.2, 0.25) is 5.02 Å². The first kappa shape index (κ1) is 13.3. The van der Waals surface area contributed by atoms with Crippen molar-refractivity contribution in [3.63, 3.8) is 0 Å². The predicted molar refractivity (Wildman–Crippen MR) is 79.6 cm³/mol. The van der Waals surface area contributed by atoms with Crippen molar-refractivity contribution in [3.8, 4) is 11.1 Å². The highest BCUT2D eigenvalue weighted by molar-refractivity contribution is 6.31. The van der Waals surface area contributed by atoms with Gasteiger partial charge in [-0.05, 0) is 30.3 Å². The van der Waals surface area contributed by atoms with Crippen LogP contribution < -0.4 is 5.63 Å². The molecule has 0 aliphatic carbocycles. The van der Waals surface area contributed by atoms with Gasteiger partial charge < -0.3 is 4.42 Å². The van der Waals surface area contributed by atoms with Crippen molar-refractivity contribution in [2.75, 3.05) is 0 Å². The normalized spacial score (nSPS) is 10.7. The van der Waals surface area contributed by atoms with Crippen LogP contribution in [0.1, 0.15) is 0 Å². The fraction of sp³-hybridized carbons (Fsp3) is 0. The Hall–Kier alpha value is -2.66. The Balaban J connectivity index is 2.33. The molecule has 0 saturated carbocycles. The zero-order valence-electron chi connectivity index (χ0n) is 10.6. The summed E-state index contributed by atoms with van der Waals surface area (Å²) in [6.07, 6.45) is 0. The summed E-state index contributed by atoms with van der Waals surface area (Å²) in [4.78, 5) is 22.6. The number of fused-ring (bicyclic) bond motifs is 1. The van der Waals surface area contributed by atoms with E-state index in [4.69, 9.17) is 16.0 Å². The van der Waals surface area contributed by atoms with Crippen molar-refractivity contribution >= 4 is 28.3 Å². The van der Waals surface area contributed by atoms with Gasteiger partial charge in [0.2, 0.25) is 0 Å². The van der Waals surface area contributed by atoms with Gasteiger partial charge in [-0.25, -0.2) is 4.79 Å². The van der Waals surface area contributed by atoms with E-state index < -0.39 is 10.5 Å². The molecule has 0 N–H and O–H groups in total. The van der Waals surface area contributed by atoms with Gasteiger partial charge in [0.15, 0.2) is 0 Å². The minimum atomic E-state index is -0.626. The third kappa shape index (κ3) is 2.39. The number of nitro benzene ring substituents is 1. The first-order chi connectivity index (χ1) is 10.1. The van der Waals surface area contributed by atoms with Gasteiger partial charge in [-0.15, -0.1) is 0 Å². The Labute approximate surface area is 123 Å². The fourth-order valence-electron chi connectivity index (χ4n) is 2.14. The maximum atomic E-state index is 12.1. The molecule has 0 fully saturated rings. The topological polar surface area (TPSA) is 73.3 Å². The molecule has 0 unspecified atom stereocenters. The van der Waals surface area contributed by atoms with Gasteiger partial charge in [-0.1, -0.05) is 23.7 Å².